The van der Waals surface area contributed by atoms with Crippen molar-refractivity contribution in [2.24, 2.45) is 0 Å². The van der Waals surface area contributed by atoms with Gasteiger partial charge in [-0.3, -0.25) is 0 Å². The van der Waals surface area contributed by atoms with Gasteiger partial charge < -0.3 is 0 Å². The van der Waals surface area contributed by atoms with E-state index >= 15 is 0 Å². The van der Waals surface area contributed by atoms with E-state index in [2.05, 4.69) is 20.9 Å². The molecule has 56 valence electrons. The minimum absolute atomic E-state index is 0.374. The van der Waals surface area contributed by atoms with Crippen LogP contribution in [0, 0.1) is 18.3 Å². The number of pyridine rings is 1. The van der Waals surface area contributed by atoms with Gasteiger partial charge in [-0.15, -0.1) is 0 Å². The summed E-state index contributed by atoms with van der Waals surface area (Å²) in [6, 6.07) is 5.86. The third-order valence-electron chi connectivity index (χ3n) is 1.35. The van der Waals surface area contributed by atoms with Gasteiger partial charge in [0.2, 0.25) is 0 Å². The fourth-order valence-electron chi connectivity index (χ4n) is 0.721. The predicted molar refractivity (Wildman–Crippen MR) is 46.0 cm³/mol. The molecular weight excluding hydrogens is 204 g/mol. The second kappa shape index (κ2) is 3.49. The normalized spacial score (nSPS) is 9.18. The second-order valence-electron chi connectivity index (χ2n) is 2.25. The van der Waals surface area contributed by atoms with Crippen molar-refractivity contribution in [1.82, 2.24) is 4.98 Å². The summed E-state index contributed by atoms with van der Waals surface area (Å²) in [5, 5.41) is 8.37. The lowest BCUT2D eigenvalue weighted by atomic mass is 10.2. The van der Waals surface area contributed by atoms with E-state index in [9.17, 15) is 0 Å². The number of aromatic nitrogens is 1. The van der Waals surface area contributed by atoms with Gasteiger partial charge in [0.1, 0.15) is 4.60 Å². The van der Waals surface area contributed by atoms with Crippen LogP contribution in [0.2, 0.25) is 0 Å². The number of nitrogens with zero attached hydrogens (tertiary/aromatic N) is 2. The van der Waals surface area contributed by atoms with Crippen molar-refractivity contribution in [2.45, 2.75) is 13.3 Å². The molecule has 1 aromatic rings. The molecule has 2 nitrogen and oxygen atoms in total. The molecule has 0 radical (unpaired) electrons. The molecular formula is C8H7BrN2. The molecule has 1 rings (SSSR count). The van der Waals surface area contributed by atoms with Gasteiger partial charge >= 0.3 is 0 Å². The topological polar surface area (TPSA) is 36.7 Å². The van der Waals surface area contributed by atoms with Gasteiger partial charge in [0.15, 0.2) is 0 Å². The number of hydrogen-bond donors (Lipinski definition) is 0. The van der Waals surface area contributed by atoms with Crippen LogP contribution in [0.4, 0.5) is 0 Å². The first-order valence-corrected chi connectivity index (χ1v) is 4.02. The molecule has 0 saturated carbocycles. The Labute approximate surface area is 74.0 Å². The van der Waals surface area contributed by atoms with E-state index in [4.69, 9.17) is 5.26 Å². The number of halogens is 1. The minimum Gasteiger partial charge on any atom is -0.245 e. The fraction of sp³-hybridized carbons (Fsp3) is 0.250. The van der Waals surface area contributed by atoms with Crippen molar-refractivity contribution in [1.29, 1.82) is 5.26 Å². The van der Waals surface area contributed by atoms with Crippen LogP contribution in [0.5, 0.6) is 0 Å². The fourth-order valence-corrected chi connectivity index (χ4v) is 1.08. The highest BCUT2D eigenvalue weighted by atomic mass is 79.9. The van der Waals surface area contributed by atoms with Crippen molar-refractivity contribution in [2.75, 3.05) is 0 Å². The molecule has 11 heavy (non-hydrogen) atoms. The molecule has 0 spiro atoms. The van der Waals surface area contributed by atoms with Gasteiger partial charge in [0.25, 0.3) is 0 Å². The lowest BCUT2D eigenvalue weighted by molar-refractivity contribution is 1.07. The van der Waals surface area contributed by atoms with E-state index in [1.165, 1.54) is 0 Å². The summed E-state index contributed by atoms with van der Waals surface area (Å²) in [6.45, 7) is 1.97. The average Bonchev–Trinajstić information content (AvgIpc) is 1.98. The maximum absolute atomic E-state index is 8.37. The highest BCUT2D eigenvalue weighted by molar-refractivity contribution is 9.10. The van der Waals surface area contributed by atoms with Crippen LogP contribution in [0.3, 0.4) is 0 Å². The summed E-state index contributed by atoms with van der Waals surface area (Å²) in [6.07, 6.45) is 0.374. The SMILES string of the molecule is Cc1ccc(CC#N)nc1Br. The summed E-state index contributed by atoms with van der Waals surface area (Å²) >= 11 is 3.30. The van der Waals surface area contributed by atoms with Crippen molar-refractivity contribution in [3.8, 4) is 6.07 Å². The van der Waals surface area contributed by atoms with Crippen LogP contribution in [-0.2, 0) is 6.42 Å². The smallest absolute Gasteiger partial charge is 0.109 e. The molecule has 0 aromatic carbocycles. The van der Waals surface area contributed by atoms with E-state index in [1.54, 1.807) is 0 Å². The lowest BCUT2D eigenvalue weighted by Gasteiger charge is -1.97. The summed E-state index contributed by atoms with van der Waals surface area (Å²) in [4.78, 5) is 4.16. The Morgan fingerprint density at radius 2 is 2.36 bits per heavy atom. The molecule has 3 heteroatoms. The van der Waals surface area contributed by atoms with Gasteiger partial charge in [-0.1, -0.05) is 6.07 Å². The highest BCUT2D eigenvalue weighted by Gasteiger charge is 1.97. The summed E-state index contributed by atoms with van der Waals surface area (Å²) in [5.74, 6) is 0. The van der Waals surface area contributed by atoms with E-state index in [-0.39, 0.29) is 0 Å². The van der Waals surface area contributed by atoms with Crippen LogP contribution in [0.25, 0.3) is 0 Å². The molecule has 1 heterocycles. The number of hydrogen-bond acceptors (Lipinski definition) is 2. The Morgan fingerprint density at radius 1 is 1.64 bits per heavy atom. The molecule has 0 unspecified atom stereocenters. The number of rotatable bonds is 1. The van der Waals surface area contributed by atoms with Gasteiger partial charge in [0, 0.05) is 0 Å². The third-order valence-corrected chi connectivity index (χ3v) is 2.16. The molecule has 0 bridgehead atoms. The average molecular weight is 211 g/mol. The molecule has 0 saturated heterocycles. The molecule has 0 N–H and O–H groups in total. The molecule has 0 atom stereocenters. The van der Waals surface area contributed by atoms with E-state index < -0.39 is 0 Å². The predicted octanol–water partition coefficient (Wildman–Crippen LogP) is 2.22. The van der Waals surface area contributed by atoms with Crippen molar-refractivity contribution in [3.63, 3.8) is 0 Å². The minimum atomic E-state index is 0.374. The quantitative estimate of drug-likeness (QED) is 0.667. The van der Waals surface area contributed by atoms with E-state index in [0.29, 0.717) is 6.42 Å². The zero-order chi connectivity index (χ0) is 8.27. The highest BCUT2D eigenvalue weighted by Crippen LogP contribution is 2.12. The lowest BCUT2D eigenvalue weighted by Crippen LogP contribution is -1.89. The summed E-state index contributed by atoms with van der Waals surface area (Å²) in [5.41, 5.74) is 1.90. The summed E-state index contributed by atoms with van der Waals surface area (Å²) in [7, 11) is 0. The van der Waals surface area contributed by atoms with Gasteiger partial charge in [-0.2, -0.15) is 5.26 Å². The van der Waals surface area contributed by atoms with Crippen LogP contribution in [-0.4, -0.2) is 4.98 Å². The number of nitriles is 1. The zero-order valence-corrected chi connectivity index (χ0v) is 7.72. The van der Waals surface area contributed by atoms with Crippen molar-refractivity contribution in [3.05, 3.63) is 28.0 Å². The molecule has 1 aromatic heterocycles. The Bertz CT molecular complexity index is 301. The Hall–Kier alpha value is -0.880. The second-order valence-corrected chi connectivity index (χ2v) is 3.00. The Balaban J connectivity index is 2.98. The standard InChI is InChI=1S/C8H7BrN2/c1-6-2-3-7(4-5-10)11-8(6)9/h2-3H,4H2,1H3. The summed E-state index contributed by atoms with van der Waals surface area (Å²) < 4.78 is 0.824. The van der Waals surface area contributed by atoms with Gasteiger partial charge in [0.05, 0.1) is 18.2 Å². The first-order chi connectivity index (χ1) is 5.24. The van der Waals surface area contributed by atoms with E-state index in [1.807, 2.05) is 25.1 Å². The van der Waals surface area contributed by atoms with Crippen LogP contribution in [0.1, 0.15) is 11.3 Å². The zero-order valence-electron chi connectivity index (χ0n) is 6.13. The monoisotopic (exact) mass is 210 g/mol. The van der Waals surface area contributed by atoms with Crippen molar-refractivity contribution >= 4 is 15.9 Å². The maximum atomic E-state index is 8.37. The van der Waals surface area contributed by atoms with Crippen molar-refractivity contribution < 1.29 is 0 Å². The molecule has 0 aliphatic heterocycles. The van der Waals surface area contributed by atoms with Crippen LogP contribution in [0.15, 0.2) is 16.7 Å². The van der Waals surface area contributed by atoms with Crippen LogP contribution < -0.4 is 0 Å². The molecule has 0 aliphatic carbocycles. The maximum Gasteiger partial charge on any atom is 0.109 e. The third kappa shape index (κ3) is 2.02. The largest absolute Gasteiger partial charge is 0.245 e. The van der Waals surface area contributed by atoms with Gasteiger partial charge in [-0.05, 0) is 34.5 Å². The molecule has 0 aliphatic rings. The molecule has 0 fully saturated rings. The Kier molecular flexibility index (Phi) is 2.61. The Morgan fingerprint density at radius 3 is 2.91 bits per heavy atom. The number of aryl methyl sites for hydroxylation is 1. The first kappa shape index (κ1) is 8.22. The van der Waals surface area contributed by atoms with E-state index in [0.717, 1.165) is 15.9 Å². The van der Waals surface area contributed by atoms with Crippen LogP contribution >= 0.6 is 15.9 Å². The van der Waals surface area contributed by atoms with Gasteiger partial charge in [-0.25, -0.2) is 4.98 Å². The first-order valence-electron chi connectivity index (χ1n) is 3.23. The molecule has 0 amide bonds.